The van der Waals surface area contributed by atoms with Crippen molar-refractivity contribution < 1.29 is 14.3 Å². The van der Waals surface area contributed by atoms with Crippen LogP contribution in [0.1, 0.15) is 33.6 Å². The summed E-state index contributed by atoms with van der Waals surface area (Å²) in [6, 6.07) is 19.1. The van der Waals surface area contributed by atoms with Gasteiger partial charge in [-0.05, 0) is 61.2 Å². The summed E-state index contributed by atoms with van der Waals surface area (Å²) in [6.45, 7) is 2.37. The fraction of sp³-hybridized carbons (Fsp3) is 0.217. The highest BCUT2D eigenvalue weighted by atomic mass is 32.1. The van der Waals surface area contributed by atoms with Crippen LogP contribution in [0, 0.1) is 12.8 Å². The van der Waals surface area contributed by atoms with Crippen LogP contribution in [0.5, 0.6) is 5.75 Å². The van der Waals surface area contributed by atoms with E-state index in [0.717, 1.165) is 29.7 Å². The van der Waals surface area contributed by atoms with Crippen molar-refractivity contribution in [2.75, 3.05) is 10.6 Å². The van der Waals surface area contributed by atoms with Gasteiger partial charge in [0, 0.05) is 11.6 Å². The van der Waals surface area contributed by atoms with Crippen LogP contribution in [-0.4, -0.2) is 11.8 Å². The minimum atomic E-state index is -0.183. The highest BCUT2D eigenvalue weighted by Gasteiger charge is 2.30. The third-order valence-corrected chi connectivity index (χ3v) is 5.83. The molecule has 1 aliphatic carbocycles. The van der Waals surface area contributed by atoms with Gasteiger partial charge in [0.05, 0.1) is 9.88 Å². The summed E-state index contributed by atoms with van der Waals surface area (Å²) in [5.74, 6) is 0.739. The third kappa shape index (κ3) is 5.03. The maximum absolute atomic E-state index is 12.6. The maximum Gasteiger partial charge on any atom is 0.266 e. The lowest BCUT2D eigenvalue weighted by atomic mass is 10.2. The average Bonchev–Trinajstić information content (AvgIpc) is 3.52. The second-order valence-corrected chi connectivity index (χ2v) is 8.19. The molecule has 1 saturated carbocycles. The fourth-order valence-corrected chi connectivity index (χ4v) is 3.87. The summed E-state index contributed by atoms with van der Waals surface area (Å²) in [5.41, 5.74) is 2.64. The largest absolute Gasteiger partial charge is 0.489 e. The van der Waals surface area contributed by atoms with Gasteiger partial charge < -0.3 is 15.4 Å². The molecular formula is C23H22N2O3S. The fourth-order valence-electron chi connectivity index (χ4n) is 2.90. The Morgan fingerprint density at radius 2 is 1.76 bits per heavy atom. The SMILES string of the molecule is Cc1cc(NC(=O)C2CC2)sc1C(=O)Nc1ccc(OCc2ccccc2)cc1. The number of carbonyl (C=O) groups excluding carboxylic acids is 2. The number of benzene rings is 2. The molecule has 0 radical (unpaired) electrons. The van der Waals surface area contributed by atoms with Crippen molar-refractivity contribution in [3.05, 3.63) is 76.7 Å². The lowest BCUT2D eigenvalue weighted by Gasteiger charge is -2.08. The highest BCUT2D eigenvalue weighted by molar-refractivity contribution is 7.18. The van der Waals surface area contributed by atoms with Gasteiger partial charge in [-0.2, -0.15) is 0 Å². The Morgan fingerprint density at radius 1 is 1.03 bits per heavy atom. The van der Waals surface area contributed by atoms with Gasteiger partial charge in [-0.15, -0.1) is 11.3 Å². The Labute approximate surface area is 173 Å². The molecule has 1 aliphatic rings. The van der Waals surface area contributed by atoms with E-state index in [4.69, 9.17) is 4.74 Å². The van der Waals surface area contributed by atoms with Crippen LogP contribution < -0.4 is 15.4 Å². The lowest BCUT2D eigenvalue weighted by molar-refractivity contribution is -0.117. The van der Waals surface area contributed by atoms with Gasteiger partial charge in [-0.25, -0.2) is 0 Å². The van der Waals surface area contributed by atoms with Crippen molar-refractivity contribution in [1.82, 2.24) is 0 Å². The molecule has 5 nitrogen and oxygen atoms in total. The van der Waals surface area contributed by atoms with Gasteiger partial charge in [0.25, 0.3) is 5.91 Å². The number of amides is 2. The van der Waals surface area contributed by atoms with Crippen LogP contribution in [0.25, 0.3) is 0 Å². The second-order valence-electron chi connectivity index (χ2n) is 7.14. The molecule has 1 heterocycles. The molecule has 0 atom stereocenters. The molecule has 4 rings (SSSR count). The number of thiophene rings is 1. The number of hydrogen-bond donors (Lipinski definition) is 2. The van der Waals surface area contributed by atoms with E-state index in [1.54, 1.807) is 0 Å². The van der Waals surface area contributed by atoms with Gasteiger partial charge >= 0.3 is 0 Å². The lowest BCUT2D eigenvalue weighted by Crippen LogP contribution is -2.12. The van der Waals surface area contributed by atoms with Crippen molar-refractivity contribution in [2.45, 2.75) is 26.4 Å². The Hall–Kier alpha value is -3.12. The summed E-state index contributed by atoms with van der Waals surface area (Å²) < 4.78 is 5.77. The molecule has 0 aliphatic heterocycles. The first kappa shape index (κ1) is 19.2. The Kier molecular flexibility index (Phi) is 5.62. The van der Waals surface area contributed by atoms with E-state index < -0.39 is 0 Å². The van der Waals surface area contributed by atoms with Gasteiger partial charge in [0.15, 0.2) is 0 Å². The number of ether oxygens (including phenoxy) is 1. The predicted octanol–water partition coefficient (Wildman–Crippen LogP) is 5.24. The number of carbonyl (C=O) groups is 2. The van der Waals surface area contributed by atoms with E-state index in [9.17, 15) is 9.59 Å². The number of hydrogen-bond acceptors (Lipinski definition) is 4. The molecule has 2 aromatic carbocycles. The van der Waals surface area contributed by atoms with Crippen LogP contribution in [0.2, 0.25) is 0 Å². The summed E-state index contributed by atoms with van der Waals surface area (Å²) in [6.07, 6.45) is 1.91. The van der Waals surface area contributed by atoms with E-state index >= 15 is 0 Å². The number of rotatable bonds is 7. The van der Waals surface area contributed by atoms with E-state index in [1.165, 1.54) is 11.3 Å². The quantitative estimate of drug-likeness (QED) is 0.564. The molecule has 0 bridgehead atoms. The molecule has 3 aromatic rings. The van der Waals surface area contributed by atoms with Crippen LogP contribution in [0.15, 0.2) is 60.7 Å². The van der Waals surface area contributed by atoms with E-state index in [1.807, 2.05) is 67.6 Å². The first-order valence-corrected chi connectivity index (χ1v) is 10.4. The molecule has 0 unspecified atom stereocenters. The molecule has 0 spiro atoms. The summed E-state index contributed by atoms with van der Waals surface area (Å²) in [4.78, 5) is 25.1. The molecule has 2 N–H and O–H groups in total. The van der Waals surface area contributed by atoms with Crippen molar-refractivity contribution in [2.24, 2.45) is 5.92 Å². The van der Waals surface area contributed by atoms with Gasteiger partial charge in [0.1, 0.15) is 12.4 Å². The molecular weight excluding hydrogens is 384 g/mol. The predicted molar refractivity (Wildman–Crippen MR) is 116 cm³/mol. The first-order chi connectivity index (χ1) is 14.1. The topological polar surface area (TPSA) is 67.4 Å². The zero-order valence-corrected chi connectivity index (χ0v) is 16.9. The Balaban J connectivity index is 1.34. The second kappa shape index (κ2) is 8.49. The maximum atomic E-state index is 12.6. The van der Waals surface area contributed by atoms with Crippen molar-refractivity contribution in [1.29, 1.82) is 0 Å². The third-order valence-electron chi connectivity index (χ3n) is 4.68. The number of aryl methyl sites for hydroxylation is 1. The minimum absolute atomic E-state index is 0.0456. The highest BCUT2D eigenvalue weighted by Crippen LogP contribution is 2.33. The molecule has 148 valence electrons. The molecule has 1 fully saturated rings. The van der Waals surface area contributed by atoms with Crippen LogP contribution in [-0.2, 0) is 11.4 Å². The Morgan fingerprint density at radius 3 is 2.45 bits per heavy atom. The summed E-state index contributed by atoms with van der Waals surface area (Å²) in [5, 5.41) is 6.52. The molecule has 1 aromatic heterocycles. The van der Waals surface area contributed by atoms with Gasteiger partial charge in [-0.3, -0.25) is 9.59 Å². The monoisotopic (exact) mass is 406 g/mol. The van der Waals surface area contributed by atoms with E-state index in [2.05, 4.69) is 10.6 Å². The van der Waals surface area contributed by atoms with Gasteiger partial charge in [-0.1, -0.05) is 30.3 Å². The van der Waals surface area contributed by atoms with Crippen molar-refractivity contribution in [3.63, 3.8) is 0 Å². The van der Waals surface area contributed by atoms with Gasteiger partial charge in [0.2, 0.25) is 5.91 Å². The summed E-state index contributed by atoms with van der Waals surface area (Å²) >= 11 is 1.30. The molecule has 2 amide bonds. The average molecular weight is 407 g/mol. The number of anilines is 2. The minimum Gasteiger partial charge on any atom is -0.489 e. The zero-order valence-electron chi connectivity index (χ0n) is 16.1. The Bertz CT molecular complexity index is 1010. The van der Waals surface area contributed by atoms with Crippen molar-refractivity contribution >= 4 is 33.8 Å². The van der Waals surface area contributed by atoms with Crippen LogP contribution in [0.4, 0.5) is 10.7 Å². The molecule has 0 saturated heterocycles. The van der Waals surface area contributed by atoms with E-state index in [0.29, 0.717) is 22.2 Å². The number of nitrogens with one attached hydrogen (secondary N) is 2. The standard InChI is InChI=1S/C23H22N2O3S/c1-15-13-20(25-22(26)17-7-8-17)29-21(15)23(27)24-18-9-11-19(12-10-18)28-14-16-5-3-2-4-6-16/h2-6,9-13,17H,7-8,14H2,1H3,(H,24,27)(H,25,26). The smallest absolute Gasteiger partial charge is 0.266 e. The normalized spacial score (nSPS) is 13.0. The molecule has 29 heavy (non-hydrogen) atoms. The van der Waals surface area contributed by atoms with E-state index in [-0.39, 0.29) is 17.7 Å². The summed E-state index contributed by atoms with van der Waals surface area (Å²) in [7, 11) is 0. The van der Waals surface area contributed by atoms with Crippen LogP contribution in [0.3, 0.4) is 0 Å². The molecule has 6 heteroatoms. The van der Waals surface area contributed by atoms with Crippen LogP contribution >= 0.6 is 11.3 Å². The zero-order chi connectivity index (χ0) is 20.2. The van der Waals surface area contributed by atoms with Crippen molar-refractivity contribution in [3.8, 4) is 5.75 Å². The first-order valence-electron chi connectivity index (χ1n) is 9.58.